The molecule has 0 unspecified atom stereocenters. The number of carbonyl (C=O) groups excluding carboxylic acids is 2. The SMILES string of the molecule is CCCN(CC(=O)O)C(=O)CCCCCCCNC(=O)OCC1c2ccccc2-c2ccccc21. The van der Waals surface area contributed by atoms with Gasteiger partial charge in [0.05, 0.1) is 0 Å². The van der Waals surface area contributed by atoms with E-state index in [4.69, 9.17) is 9.84 Å². The molecule has 2 aromatic rings. The lowest BCUT2D eigenvalue weighted by Crippen LogP contribution is -2.36. The maximum atomic E-state index is 12.2. The number of fused-ring (bicyclic) bond motifs is 3. The number of ether oxygens (including phenoxy) is 1. The molecule has 0 atom stereocenters. The van der Waals surface area contributed by atoms with Crippen molar-refractivity contribution in [2.24, 2.45) is 0 Å². The summed E-state index contributed by atoms with van der Waals surface area (Å²) >= 11 is 0. The number of nitrogens with one attached hydrogen (secondary N) is 1. The number of carboxylic acid groups (broad SMARTS) is 1. The van der Waals surface area contributed by atoms with Crippen molar-refractivity contribution in [3.8, 4) is 11.1 Å². The van der Waals surface area contributed by atoms with Crippen molar-refractivity contribution in [2.75, 3.05) is 26.2 Å². The van der Waals surface area contributed by atoms with E-state index in [1.807, 2.05) is 31.2 Å². The Hall–Kier alpha value is -3.35. The molecule has 0 radical (unpaired) electrons. The number of carboxylic acids is 1. The van der Waals surface area contributed by atoms with Gasteiger partial charge in [0, 0.05) is 25.4 Å². The fourth-order valence-electron chi connectivity index (χ4n) is 4.65. The van der Waals surface area contributed by atoms with E-state index in [2.05, 4.69) is 29.6 Å². The predicted molar refractivity (Wildman–Crippen MR) is 135 cm³/mol. The second-order valence-electron chi connectivity index (χ2n) is 8.98. The number of amides is 2. The van der Waals surface area contributed by atoms with Crippen molar-refractivity contribution >= 4 is 18.0 Å². The van der Waals surface area contributed by atoms with Crippen LogP contribution in [0.4, 0.5) is 4.79 Å². The lowest BCUT2D eigenvalue weighted by Gasteiger charge is -2.19. The summed E-state index contributed by atoms with van der Waals surface area (Å²) in [5, 5.41) is 11.8. The third kappa shape index (κ3) is 7.57. The van der Waals surface area contributed by atoms with Crippen LogP contribution in [0.15, 0.2) is 48.5 Å². The van der Waals surface area contributed by atoms with E-state index in [9.17, 15) is 14.4 Å². The van der Waals surface area contributed by atoms with E-state index < -0.39 is 12.1 Å². The lowest BCUT2D eigenvalue weighted by atomic mass is 9.98. The summed E-state index contributed by atoms with van der Waals surface area (Å²) < 4.78 is 5.55. The van der Waals surface area contributed by atoms with Crippen LogP contribution in [0.5, 0.6) is 0 Å². The Bertz CT molecular complexity index is 961. The monoisotopic (exact) mass is 480 g/mol. The number of benzene rings is 2. The Labute approximate surface area is 207 Å². The number of aliphatic carboxylic acids is 1. The average molecular weight is 481 g/mol. The zero-order chi connectivity index (χ0) is 25.0. The van der Waals surface area contributed by atoms with E-state index in [1.165, 1.54) is 27.2 Å². The van der Waals surface area contributed by atoms with Gasteiger partial charge in [-0.25, -0.2) is 4.79 Å². The molecule has 2 amide bonds. The highest BCUT2D eigenvalue weighted by Gasteiger charge is 2.28. The van der Waals surface area contributed by atoms with E-state index in [1.54, 1.807) is 0 Å². The molecule has 2 aromatic carbocycles. The van der Waals surface area contributed by atoms with Crippen molar-refractivity contribution in [2.45, 2.75) is 57.8 Å². The minimum absolute atomic E-state index is 0.0552. The topological polar surface area (TPSA) is 95.9 Å². The highest BCUT2D eigenvalue weighted by atomic mass is 16.5. The molecule has 188 valence electrons. The summed E-state index contributed by atoms with van der Waals surface area (Å²) in [6, 6.07) is 16.5. The Morgan fingerprint density at radius 2 is 1.51 bits per heavy atom. The average Bonchev–Trinajstić information content (AvgIpc) is 3.17. The molecule has 0 fully saturated rings. The first kappa shape index (κ1) is 26.3. The van der Waals surface area contributed by atoms with Crippen LogP contribution in [0.1, 0.15) is 68.9 Å². The molecule has 1 aliphatic rings. The molecule has 1 aliphatic carbocycles. The van der Waals surface area contributed by atoms with Crippen LogP contribution in [0.3, 0.4) is 0 Å². The van der Waals surface area contributed by atoms with Crippen LogP contribution >= 0.6 is 0 Å². The molecule has 0 aliphatic heterocycles. The zero-order valence-electron chi connectivity index (χ0n) is 20.5. The Morgan fingerprint density at radius 3 is 2.14 bits per heavy atom. The smallest absolute Gasteiger partial charge is 0.407 e. The van der Waals surface area contributed by atoms with Gasteiger partial charge < -0.3 is 20.1 Å². The zero-order valence-corrected chi connectivity index (χ0v) is 20.5. The highest BCUT2D eigenvalue weighted by molar-refractivity contribution is 5.81. The molecule has 0 saturated carbocycles. The summed E-state index contributed by atoms with van der Waals surface area (Å²) in [6.07, 6.45) is 5.15. The van der Waals surface area contributed by atoms with Crippen LogP contribution in [-0.4, -0.2) is 54.2 Å². The van der Waals surface area contributed by atoms with Crippen LogP contribution in [0, 0.1) is 0 Å². The van der Waals surface area contributed by atoms with E-state index in [-0.39, 0.29) is 18.4 Å². The molecule has 35 heavy (non-hydrogen) atoms. The van der Waals surface area contributed by atoms with Crippen molar-refractivity contribution in [3.63, 3.8) is 0 Å². The van der Waals surface area contributed by atoms with Gasteiger partial charge in [-0.15, -0.1) is 0 Å². The Morgan fingerprint density at radius 1 is 0.914 bits per heavy atom. The minimum Gasteiger partial charge on any atom is -0.480 e. The first-order valence-electron chi connectivity index (χ1n) is 12.6. The number of hydrogen-bond donors (Lipinski definition) is 2. The third-order valence-electron chi connectivity index (χ3n) is 6.35. The minimum atomic E-state index is -0.976. The van der Waals surface area contributed by atoms with Crippen LogP contribution in [-0.2, 0) is 14.3 Å². The van der Waals surface area contributed by atoms with Gasteiger partial charge >= 0.3 is 12.1 Å². The molecule has 3 rings (SSSR count). The molecule has 7 nitrogen and oxygen atoms in total. The Balaban J connectivity index is 1.28. The molecule has 0 aromatic heterocycles. The fourth-order valence-corrected chi connectivity index (χ4v) is 4.65. The normalized spacial score (nSPS) is 12.0. The molecule has 0 heterocycles. The first-order chi connectivity index (χ1) is 17.0. The summed E-state index contributed by atoms with van der Waals surface area (Å²) in [7, 11) is 0. The summed E-state index contributed by atoms with van der Waals surface area (Å²) in [5.74, 6) is -1.01. The maximum Gasteiger partial charge on any atom is 0.407 e. The third-order valence-corrected chi connectivity index (χ3v) is 6.35. The number of unbranched alkanes of at least 4 members (excludes halogenated alkanes) is 4. The second-order valence-corrected chi connectivity index (χ2v) is 8.98. The first-order valence-corrected chi connectivity index (χ1v) is 12.6. The van der Waals surface area contributed by atoms with Crippen LogP contribution < -0.4 is 5.32 Å². The number of carbonyl (C=O) groups is 3. The number of rotatable bonds is 14. The van der Waals surface area contributed by atoms with E-state index in [0.29, 0.717) is 26.1 Å². The number of alkyl carbamates (subject to hydrolysis) is 1. The van der Waals surface area contributed by atoms with Gasteiger partial charge in [-0.2, -0.15) is 0 Å². The summed E-state index contributed by atoms with van der Waals surface area (Å²) in [5.41, 5.74) is 4.80. The Kier molecular flexibility index (Phi) is 10.1. The number of nitrogens with zero attached hydrogens (tertiary/aromatic N) is 1. The quantitative estimate of drug-likeness (QED) is 0.363. The van der Waals surface area contributed by atoms with Crippen LogP contribution in [0.25, 0.3) is 11.1 Å². The molecule has 0 spiro atoms. The van der Waals surface area contributed by atoms with Gasteiger partial charge in [0.25, 0.3) is 0 Å². The molecule has 7 heteroatoms. The van der Waals surface area contributed by atoms with Crippen molar-refractivity contribution in [1.82, 2.24) is 10.2 Å². The molecule has 2 N–H and O–H groups in total. The van der Waals surface area contributed by atoms with Crippen molar-refractivity contribution in [1.29, 1.82) is 0 Å². The van der Waals surface area contributed by atoms with Crippen LogP contribution in [0.2, 0.25) is 0 Å². The van der Waals surface area contributed by atoms with E-state index >= 15 is 0 Å². The largest absolute Gasteiger partial charge is 0.480 e. The molecule has 0 saturated heterocycles. The fraction of sp³-hybridized carbons (Fsp3) is 0.464. The predicted octanol–water partition coefficient (Wildman–Crippen LogP) is 5.19. The summed E-state index contributed by atoms with van der Waals surface area (Å²) in [4.78, 5) is 36.7. The number of hydrogen-bond acceptors (Lipinski definition) is 4. The van der Waals surface area contributed by atoms with Gasteiger partial charge in [-0.3, -0.25) is 9.59 Å². The van der Waals surface area contributed by atoms with Crippen molar-refractivity contribution in [3.05, 3.63) is 59.7 Å². The van der Waals surface area contributed by atoms with Gasteiger partial charge in [0.1, 0.15) is 13.2 Å². The standard InChI is InChI=1S/C28H36N2O5/c1-2-18-30(19-27(32)33)26(31)16-6-4-3-5-11-17-29-28(34)35-20-25-23-14-9-7-12-21(23)22-13-8-10-15-24(22)25/h7-10,12-15,25H,2-6,11,16-20H2,1H3,(H,29,34)(H,32,33). The summed E-state index contributed by atoms with van der Waals surface area (Å²) in [6.45, 7) is 3.04. The van der Waals surface area contributed by atoms with Gasteiger partial charge in [0.2, 0.25) is 5.91 Å². The van der Waals surface area contributed by atoms with Gasteiger partial charge in [0.15, 0.2) is 0 Å². The van der Waals surface area contributed by atoms with Gasteiger partial charge in [-0.05, 0) is 41.5 Å². The van der Waals surface area contributed by atoms with Crippen molar-refractivity contribution < 1.29 is 24.2 Å². The molecular weight excluding hydrogens is 444 g/mol. The van der Waals surface area contributed by atoms with E-state index in [0.717, 1.165) is 38.5 Å². The highest BCUT2D eigenvalue weighted by Crippen LogP contribution is 2.44. The lowest BCUT2D eigenvalue weighted by molar-refractivity contribution is -0.144. The second kappa shape index (κ2) is 13.5. The molecule has 0 bridgehead atoms. The maximum absolute atomic E-state index is 12.2. The molecular formula is C28H36N2O5. The van der Waals surface area contributed by atoms with Gasteiger partial charge in [-0.1, -0.05) is 74.7 Å².